The normalized spacial score (nSPS) is 13.7. The monoisotopic (exact) mass is 443 g/mol. The first kappa shape index (κ1) is 20.5. The molecule has 0 aliphatic carbocycles. The molecule has 0 aliphatic rings. The highest BCUT2D eigenvalue weighted by Gasteiger charge is 2.11. The van der Waals surface area contributed by atoms with Gasteiger partial charge >= 0.3 is 0 Å². The van der Waals surface area contributed by atoms with E-state index in [0.29, 0.717) is 30.7 Å². The van der Waals surface area contributed by atoms with E-state index in [1.165, 1.54) is 5.56 Å². The molecule has 6 heteroatoms. The molecule has 2 unspecified atom stereocenters. The maximum Gasteiger partial charge on any atom is 0.191 e. The minimum Gasteiger partial charge on any atom is -0.467 e. The quantitative estimate of drug-likeness (QED) is 0.349. The molecule has 3 N–H and O–H groups in total. The topological polar surface area (TPSA) is 69.8 Å². The lowest BCUT2D eigenvalue weighted by Crippen LogP contribution is -2.39. The number of rotatable bonds is 7. The SMILES string of the molecule is CCNC(=NCC(C)c1ccccc1)NCC(O)c1ccco1.I. The van der Waals surface area contributed by atoms with E-state index in [1.54, 1.807) is 18.4 Å². The van der Waals surface area contributed by atoms with Crippen molar-refractivity contribution in [3.05, 3.63) is 60.1 Å². The van der Waals surface area contributed by atoms with Gasteiger partial charge in [0, 0.05) is 19.0 Å². The molecule has 0 spiro atoms. The average Bonchev–Trinajstić information content (AvgIpc) is 3.12. The molecule has 0 amide bonds. The van der Waals surface area contributed by atoms with Crippen LogP contribution >= 0.6 is 24.0 Å². The van der Waals surface area contributed by atoms with Crippen LogP contribution in [-0.2, 0) is 0 Å². The van der Waals surface area contributed by atoms with E-state index in [4.69, 9.17) is 4.42 Å². The number of aliphatic hydroxyl groups excluding tert-OH is 1. The third kappa shape index (κ3) is 6.52. The van der Waals surface area contributed by atoms with Gasteiger partial charge in [0.2, 0.25) is 0 Å². The minimum atomic E-state index is -0.694. The minimum absolute atomic E-state index is 0. The van der Waals surface area contributed by atoms with E-state index in [2.05, 4.69) is 34.7 Å². The number of guanidine groups is 1. The van der Waals surface area contributed by atoms with Crippen molar-refractivity contribution >= 4 is 29.9 Å². The van der Waals surface area contributed by atoms with Crippen molar-refractivity contribution in [1.29, 1.82) is 0 Å². The van der Waals surface area contributed by atoms with Crippen LogP contribution in [0, 0.1) is 0 Å². The number of aliphatic hydroxyl groups is 1. The lowest BCUT2D eigenvalue weighted by Gasteiger charge is -2.15. The van der Waals surface area contributed by atoms with Crippen LogP contribution < -0.4 is 10.6 Å². The predicted octanol–water partition coefficient (Wildman–Crippen LogP) is 3.29. The Morgan fingerprint density at radius 1 is 1.17 bits per heavy atom. The lowest BCUT2D eigenvalue weighted by molar-refractivity contribution is 0.153. The fraction of sp³-hybridized carbons (Fsp3) is 0.389. The van der Waals surface area contributed by atoms with Gasteiger partial charge in [-0.15, -0.1) is 24.0 Å². The van der Waals surface area contributed by atoms with Crippen molar-refractivity contribution in [3.63, 3.8) is 0 Å². The van der Waals surface area contributed by atoms with Gasteiger partial charge in [-0.3, -0.25) is 4.99 Å². The Kier molecular flexibility index (Phi) is 9.48. The highest BCUT2D eigenvalue weighted by molar-refractivity contribution is 14.0. The summed E-state index contributed by atoms with van der Waals surface area (Å²) in [6.07, 6.45) is 0.861. The van der Waals surface area contributed by atoms with E-state index in [1.807, 2.05) is 25.1 Å². The molecule has 0 aliphatic heterocycles. The van der Waals surface area contributed by atoms with Crippen LogP contribution in [0.2, 0.25) is 0 Å². The first-order valence-corrected chi connectivity index (χ1v) is 7.99. The molecule has 2 rings (SSSR count). The summed E-state index contributed by atoms with van der Waals surface area (Å²) >= 11 is 0. The van der Waals surface area contributed by atoms with Crippen molar-refractivity contribution in [2.24, 2.45) is 4.99 Å². The molecule has 5 nitrogen and oxygen atoms in total. The number of nitrogens with zero attached hydrogens (tertiary/aromatic N) is 1. The second-order valence-corrected chi connectivity index (χ2v) is 5.44. The van der Waals surface area contributed by atoms with Crippen molar-refractivity contribution in [2.75, 3.05) is 19.6 Å². The first-order valence-electron chi connectivity index (χ1n) is 7.99. The predicted molar refractivity (Wildman–Crippen MR) is 108 cm³/mol. The van der Waals surface area contributed by atoms with E-state index in [0.717, 1.165) is 6.54 Å². The summed E-state index contributed by atoms with van der Waals surface area (Å²) in [5.74, 6) is 1.58. The van der Waals surface area contributed by atoms with Gasteiger partial charge in [0.1, 0.15) is 11.9 Å². The number of halogens is 1. The molecule has 0 bridgehead atoms. The molecule has 0 fully saturated rings. The standard InChI is InChI=1S/C18H25N3O2.HI/c1-3-19-18(21-13-16(22)17-10-7-11-23-17)20-12-14(2)15-8-5-4-6-9-15;/h4-11,14,16,22H,3,12-13H2,1-2H3,(H2,19,20,21);1H. The number of nitrogens with one attached hydrogen (secondary N) is 2. The maximum atomic E-state index is 10.0. The number of furan rings is 1. The van der Waals surface area contributed by atoms with Crippen LogP contribution in [0.4, 0.5) is 0 Å². The van der Waals surface area contributed by atoms with Crippen molar-refractivity contribution < 1.29 is 9.52 Å². The fourth-order valence-electron chi connectivity index (χ4n) is 2.23. The fourth-order valence-corrected chi connectivity index (χ4v) is 2.23. The molecule has 24 heavy (non-hydrogen) atoms. The van der Waals surface area contributed by atoms with Crippen LogP contribution in [0.25, 0.3) is 0 Å². The Balaban J connectivity index is 0.00000288. The van der Waals surface area contributed by atoms with Crippen LogP contribution in [0.1, 0.15) is 37.2 Å². The molecule has 0 radical (unpaired) electrons. The summed E-state index contributed by atoms with van der Waals surface area (Å²) in [7, 11) is 0. The van der Waals surface area contributed by atoms with Gasteiger partial charge in [-0.05, 0) is 24.6 Å². The van der Waals surface area contributed by atoms with Crippen LogP contribution in [-0.4, -0.2) is 30.7 Å². The van der Waals surface area contributed by atoms with Gasteiger partial charge in [-0.2, -0.15) is 0 Å². The second-order valence-electron chi connectivity index (χ2n) is 5.44. The summed E-state index contributed by atoms with van der Waals surface area (Å²) < 4.78 is 5.19. The van der Waals surface area contributed by atoms with Gasteiger partial charge in [0.15, 0.2) is 5.96 Å². The Labute approximate surface area is 160 Å². The van der Waals surface area contributed by atoms with Crippen molar-refractivity contribution in [1.82, 2.24) is 10.6 Å². The molecule has 2 atom stereocenters. The van der Waals surface area contributed by atoms with Crippen LogP contribution in [0.5, 0.6) is 0 Å². The first-order chi connectivity index (χ1) is 11.2. The summed E-state index contributed by atoms with van der Waals surface area (Å²) in [5, 5.41) is 16.4. The Morgan fingerprint density at radius 3 is 2.54 bits per heavy atom. The molecule has 1 heterocycles. The smallest absolute Gasteiger partial charge is 0.191 e. The zero-order valence-corrected chi connectivity index (χ0v) is 16.4. The Morgan fingerprint density at radius 2 is 1.92 bits per heavy atom. The largest absolute Gasteiger partial charge is 0.467 e. The van der Waals surface area contributed by atoms with Gasteiger partial charge in [0.25, 0.3) is 0 Å². The van der Waals surface area contributed by atoms with Gasteiger partial charge < -0.3 is 20.2 Å². The zero-order valence-electron chi connectivity index (χ0n) is 14.1. The van der Waals surface area contributed by atoms with Gasteiger partial charge in [-0.1, -0.05) is 37.3 Å². The zero-order chi connectivity index (χ0) is 16.5. The number of hydrogen-bond donors (Lipinski definition) is 3. The molecule has 0 saturated heterocycles. The third-order valence-electron chi connectivity index (χ3n) is 3.57. The second kappa shape index (κ2) is 11.1. The summed E-state index contributed by atoms with van der Waals surface area (Å²) in [5.41, 5.74) is 1.27. The van der Waals surface area contributed by atoms with Crippen LogP contribution in [0.15, 0.2) is 58.1 Å². The average molecular weight is 443 g/mol. The maximum absolute atomic E-state index is 10.0. The van der Waals surface area contributed by atoms with E-state index in [9.17, 15) is 5.11 Å². The molecular formula is C18H26IN3O2. The Hall–Kier alpha value is -1.54. The lowest BCUT2D eigenvalue weighted by atomic mass is 10.0. The number of benzene rings is 1. The third-order valence-corrected chi connectivity index (χ3v) is 3.57. The molecule has 1 aromatic heterocycles. The summed E-state index contributed by atoms with van der Waals surface area (Å²) in [6, 6.07) is 13.8. The van der Waals surface area contributed by atoms with Gasteiger partial charge in [0.05, 0.1) is 12.8 Å². The van der Waals surface area contributed by atoms with Crippen molar-refractivity contribution in [3.8, 4) is 0 Å². The number of aliphatic imine (C=N–C) groups is 1. The Bertz CT molecular complexity index is 588. The highest BCUT2D eigenvalue weighted by Crippen LogP contribution is 2.14. The van der Waals surface area contributed by atoms with Gasteiger partial charge in [-0.25, -0.2) is 0 Å². The molecule has 0 saturated carbocycles. The molecule has 132 valence electrons. The summed E-state index contributed by atoms with van der Waals surface area (Å²) in [6.45, 7) is 5.96. The van der Waals surface area contributed by atoms with Crippen LogP contribution in [0.3, 0.4) is 0 Å². The molecular weight excluding hydrogens is 417 g/mol. The van der Waals surface area contributed by atoms with E-state index >= 15 is 0 Å². The molecule has 1 aromatic carbocycles. The van der Waals surface area contributed by atoms with E-state index < -0.39 is 6.10 Å². The number of hydrogen-bond acceptors (Lipinski definition) is 3. The van der Waals surface area contributed by atoms with E-state index in [-0.39, 0.29) is 24.0 Å². The highest BCUT2D eigenvalue weighted by atomic mass is 127. The molecule has 2 aromatic rings. The van der Waals surface area contributed by atoms with Crippen molar-refractivity contribution in [2.45, 2.75) is 25.9 Å². The summed E-state index contributed by atoms with van der Waals surface area (Å²) in [4.78, 5) is 4.60.